The average molecular weight is 330 g/mol. The molecule has 24 heavy (non-hydrogen) atoms. The molecule has 1 aromatic rings. The maximum Gasteiger partial charge on any atom is 0.239 e. The number of carbonyl (C=O) groups is 1. The number of likely N-dealkylation sites (N-methyl/N-ethyl adjacent to an activating group) is 1. The van der Waals surface area contributed by atoms with E-state index in [1.165, 1.54) is 12.8 Å². The molecule has 1 N–H and O–H groups in total. The summed E-state index contributed by atoms with van der Waals surface area (Å²) in [6.07, 6.45) is 7.49. The molecule has 0 unspecified atom stereocenters. The van der Waals surface area contributed by atoms with Gasteiger partial charge in [-0.3, -0.25) is 4.79 Å². The first kappa shape index (κ1) is 17.2. The average Bonchev–Trinajstić information content (AvgIpc) is 2.67. The summed E-state index contributed by atoms with van der Waals surface area (Å²) in [5, 5.41) is 3.39. The van der Waals surface area contributed by atoms with Crippen LogP contribution in [0.4, 0.5) is 5.82 Å². The summed E-state index contributed by atoms with van der Waals surface area (Å²) in [4.78, 5) is 21.6. The van der Waals surface area contributed by atoms with Crippen LogP contribution in [-0.2, 0) is 4.79 Å². The van der Waals surface area contributed by atoms with E-state index in [-0.39, 0.29) is 6.04 Å². The van der Waals surface area contributed by atoms with Crippen molar-refractivity contribution in [2.24, 2.45) is 5.92 Å². The van der Waals surface area contributed by atoms with E-state index >= 15 is 0 Å². The van der Waals surface area contributed by atoms with Gasteiger partial charge in [-0.05, 0) is 57.2 Å². The lowest BCUT2D eigenvalue weighted by molar-refractivity contribution is -0.134. The Kier molecular flexibility index (Phi) is 6.07. The third-order valence-electron chi connectivity index (χ3n) is 5.37. The van der Waals surface area contributed by atoms with Crippen LogP contribution in [0.25, 0.3) is 0 Å². The van der Waals surface area contributed by atoms with Gasteiger partial charge in [-0.15, -0.1) is 0 Å². The third kappa shape index (κ3) is 4.26. The Morgan fingerprint density at radius 3 is 2.75 bits per heavy atom. The van der Waals surface area contributed by atoms with Crippen molar-refractivity contribution < 1.29 is 4.79 Å². The lowest BCUT2D eigenvalue weighted by Gasteiger charge is -2.36. The highest BCUT2D eigenvalue weighted by Gasteiger charge is 2.28. The smallest absolute Gasteiger partial charge is 0.239 e. The molecule has 2 saturated heterocycles. The van der Waals surface area contributed by atoms with Gasteiger partial charge in [-0.25, -0.2) is 4.98 Å². The van der Waals surface area contributed by atoms with Crippen LogP contribution in [0.2, 0.25) is 0 Å². The lowest BCUT2D eigenvalue weighted by atomic mass is 9.95. The molecule has 0 radical (unpaired) electrons. The standard InChI is InChI=1S/C19H30N4O/c1-2-22(19(24)17-7-3-5-11-20-17)15-16-9-13-23(14-10-16)18-8-4-6-12-21-18/h4,6,8,12,16-17,20H,2-3,5,7,9-11,13-15H2,1H3/t17-/m1/s1. The van der Waals surface area contributed by atoms with E-state index in [1.807, 2.05) is 18.3 Å². The fraction of sp³-hybridized carbons (Fsp3) is 0.684. The van der Waals surface area contributed by atoms with Crippen LogP contribution in [0.15, 0.2) is 24.4 Å². The molecule has 3 heterocycles. The van der Waals surface area contributed by atoms with E-state index in [0.717, 1.165) is 57.8 Å². The summed E-state index contributed by atoms with van der Waals surface area (Å²) in [5.74, 6) is 1.99. The van der Waals surface area contributed by atoms with Gasteiger partial charge in [0.05, 0.1) is 6.04 Å². The molecule has 2 aliphatic heterocycles. The Bertz CT molecular complexity index is 507. The van der Waals surface area contributed by atoms with Crippen LogP contribution in [0.1, 0.15) is 39.0 Å². The van der Waals surface area contributed by atoms with Gasteiger partial charge in [0, 0.05) is 32.4 Å². The summed E-state index contributed by atoms with van der Waals surface area (Å²) in [5.41, 5.74) is 0. The Hall–Kier alpha value is -1.62. The number of aromatic nitrogens is 1. The second-order valence-electron chi connectivity index (χ2n) is 7.00. The highest BCUT2D eigenvalue weighted by atomic mass is 16.2. The maximum absolute atomic E-state index is 12.7. The third-order valence-corrected chi connectivity index (χ3v) is 5.37. The van der Waals surface area contributed by atoms with Crippen LogP contribution in [0, 0.1) is 5.92 Å². The number of pyridine rings is 1. The van der Waals surface area contributed by atoms with Crippen molar-refractivity contribution in [1.29, 1.82) is 0 Å². The largest absolute Gasteiger partial charge is 0.357 e. The minimum absolute atomic E-state index is 0.0484. The zero-order valence-corrected chi connectivity index (χ0v) is 14.8. The number of piperidine rings is 2. The van der Waals surface area contributed by atoms with Gasteiger partial charge in [0.2, 0.25) is 5.91 Å². The summed E-state index contributed by atoms with van der Waals surface area (Å²) >= 11 is 0. The lowest BCUT2D eigenvalue weighted by Crippen LogP contribution is -2.50. The molecule has 0 saturated carbocycles. The summed E-state index contributed by atoms with van der Waals surface area (Å²) in [6, 6.07) is 6.13. The number of rotatable bonds is 5. The molecule has 2 fully saturated rings. The Labute approximate surface area is 145 Å². The minimum Gasteiger partial charge on any atom is -0.357 e. The first-order valence-corrected chi connectivity index (χ1v) is 9.46. The fourth-order valence-corrected chi connectivity index (χ4v) is 3.86. The molecule has 5 nitrogen and oxygen atoms in total. The quantitative estimate of drug-likeness (QED) is 0.900. The van der Waals surface area contributed by atoms with Crippen LogP contribution in [-0.4, -0.2) is 54.6 Å². The molecule has 3 rings (SSSR count). The van der Waals surface area contributed by atoms with Gasteiger partial charge in [-0.2, -0.15) is 0 Å². The summed E-state index contributed by atoms with van der Waals surface area (Å²) < 4.78 is 0. The number of hydrogen-bond donors (Lipinski definition) is 1. The fourth-order valence-electron chi connectivity index (χ4n) is 3.86. The van der Waals surface area contributed by atoms with Crippen LogP contribution < -0.4 is 10.2 Å². The molecule has 1 amide bonds. The zero-order valence-electron chi connectivity index (χ0n) is 14.8. The number of carbonyl (C=O) groups excluding carboxylic acids is 1. The molecular weight excluding hydrogens is 300 g/mol. The van der Waals surface area contributed by atoms with Gasteiger partial charge < -0.3 is 15.1 Å². The maximum atomic E-state index is 12.7. The molecule has 0 bridgehead atoms. The van der Waals surface area contributed by atoms with E-state index < -0.39 is 0 Å². The SMILES string of the molecule is CCN(CC1CCN(c2ccccn2)CC1)C(=O)[C@H]1CCCCN1. The molecular formula is C19H30N4O. The monoisotopic (exact) mass is 330 g/mol. The first-order chi connectivity index (χ1) is 11.8. The number of nitrogens with one attached hydrogen (secondary N) is 1. The van der Waals surface area contributed by atoms with Gasteiger partial charge in [0.1, 0.15) is 5.82 Å². The van der Waals surface area contributed by atoms with E-state index in [2.05, 4.69) is 33.1 Å². The Morgan fingerprint density at radius 2 is 2.12 bits per heavy atom. The van der Waals surface area contributed by atoms with Crippen molar-refractivity contribution >= 4 is 11.7 Å². The zero-order chi connectivity index (χ0) is 16.8. The highest BCUT2D eigenvalue weighted by Crippen LogP contribution is 2.23. The molecule has 5 heteroatoms. The molecule has 0 aliphatic carbocycles. The van der Waals surface area contributed by atoms with Crippen molar-refractivity contribution in [3.05, 3.63) is 24.4 Å². The van der Waals surface area contributed by atoms with Crippen molar-refractivity contribution in [1.82, 2.24) is 15.2 Å². The second kappa shape index (κ2) is 8.47. The van der Waals surface area contributed by atoms with E-state index in [9.17, 15) is 4.79 Å². The number of nitrogens with zero attached hydrogens (tertiary/aromatic N) is 3. The van der Waals surface area contributed by atoms with Crippen molar-refractivity contribution in [3.8, 4) is 0 Å². The molecule has 1 aromatic heterocycles. The molecule has 0 aromatic carbocycles. The normalized spacial score (nSPS) is 22.4. The second-order valence-corrected chi connectivity index (χ2v) is 7.00. The Balaban J connectivity index is 1.49. The molecule has 1 atom stereocenters. The first-order valence-electron chi connectivity index (χ1n) is 9.46. The topological polar surface area (TPSA) is 48.5 Å². The van der Waals surface area contributed by atoms with Gasteiger partial charge in [0.25, 0.3) is 0 Å². The van der Waals surface area contributed by atoms with Crippen LogP contribution >= 0.6 is 0 Å². The summed E-state index contributed by atoms with van der Waals surface area (Å²) in [7, 11) is 0. The van der Waals surface area contributed by atoms with Gasteiger partial charge >= 0.3 is 0 Å². The highest BCUT2D eigenvalue weighted by molar-refractivity contribution is 5.82. The number of hydrogen-bond acceptors (Lipinski definition) is 4. The predicted octanol–water partition coefficient (Wildman–Crippen LogP) is 2.29. The number of anilines is 1. The van der Waals surface area contributed by atoms with E-state index in [0.29, 0.717) is 11.8 Å². The Morgan fingerprint density at radius 1 is 1.29 bits per heavy atom. The number of amides is 1. The van der Waals surface area contributed by atoms with Crippen LogP contribution in [0.5, 0.6) is 0 Å². The van der Waals surface area contributed by atoms with Gasteiger partial charge in [-0.1, -0.05) is 12.5 Å². The van der Waals surface area contributed by atoms with Crippen LogP contribution in [0.3, 0.4) is 0 Å². The predicted molar refractivity (Wildman–Crippen MR) is 97.1 cm³/mol. The van der Waals surface area contributed by atoms with Gasteiger partial charge in [0.15, 0.2) is 0 Å². The van der Waals surface area contributed by atoms with E-state index in [4.69, 9.17) is 0 Å². The summed E-state index contributed by atoms with van der Waals surface area (Å²) in [6.45, 7) is 6.88. The molecule has 0 spiro atoms. The molecule has 132 valence electrons. The minimum atomic E-state index is 0.0484. The van der Waals surface area contributed by atoms with Crippen molar-refractivity contribution in [3.63, 3.8) is 0 Å². The molecule has 2 aliphatic rings. The van der Waals surface area contributed by atoms with E-state index in [1.54, 1.807) is 0 Å². The van der Waals surface area contributed by atoms with Crippen molar-refractivity contribution in [2.75, 3.05) is 37.6 Å². The van der Waals surface area contributed by atoms with Crippen molar-refractivity contribution in [2.45, 2.75) is 45.1 Å².